The van der Waals surface area contributed by atoms with Gasteiger partial charge in [0.1, 0.15) is 5.54 Å². The number of carbonyl (C=O) groups is 1. The van der Waals surface area contributed by atoms with E-state index in [9.17, 15) is 34.0 Å². The number of ether oxygens (including phenoxy) is 1. The molecule has 1 unspecified atom stereocenters. The summed E-state index contributed by atoms with van der Waals surface area (Å²) in [6.07, 6.45) is -2.90. The molecule has 0 bridgehead atoms. The molecule has 5 rings (SSSR count). The number of aliphatic hydroxyl groups is 4. The maximum atomic E-state index is 14.2. The molecule has 4 aromatic rings. The Balaban J connectivity index is 1.53. The maximum absolute atomic E-state index is 14.2. The highest BCUT2D eigenvalue weighted by Crippen LogP contribution is 2.31. The van der Waals surface area contributed by atoms with Crippen LogP contribution >= 0.6 is 0 Å². The molecular weight excluding hydrogens is 486 g/mol. The van der Waals surface area contributed by atoms with Crippen LogP contribution in [0.15, 0.2) is 60.8 Å². The predicted octanol–water partition coefficient (Wildman–Crippen LogP) is 2.04. The Morgan fingerprint density at radius 3 is 2.49 bits per heavy atom. The van der Waals surface area contributed by atoms with Crippen LogP contribution in [0.4, 0.5) is 8.78 Å². The first-order chi connectivity index (χ1) is 17.8. The van der Waals surface area contributed by atoms with Crippen LogP contribution in [0, 0.1) is 11.6 Å². The minimum atomic E-state index is -1.99. The molecule has 37 heavy (non-hydrogen) atoms. The number of carbonyl (C=O) groups excluding carboxylic acids is 1. The fourth-order valence-electron chi connectivity index (χ4n) is 4.88. The largest absolute Gasteiger partial charge is 0.394 e. The van der Waals surface area contributed by atoms with Gasteiger partial charge in [-0.3, -0.25) is 4.79 Å². The molecule has 0 saturated carbocycles. The van der Waals surface area contributed by atoms with Crippen LogP contribution in [-0.4, -0.2) is 68.2 Å². The molecule has 8 nitrogen and oxygen atoms in total. The van der Waals surface area contributed by atoms with E-state index in [-0.39, 0.29) is 29.4 Å². The van der Waals surface area contributed by atoms with Gasteiger partial charge in [0.15, 0.2) is 17.9 Å². The van der Waals surface area contributed by atoms with Crippen molar-refractivity contribution in [2.24, 2.45) is 0 Å². The summed E-state index contributed by atoms with van der Waals surface area (Å²) in [6.45, 7) is -1.11. The number of amides is 1. The number of fused-ring (bicyclic) bond motifs is 2. The fourth-order valence-corrected chi connectivity index (χ4v) is 4.88. The highest BCUT2D eigenvalue weighted by atomic mass is 19.2. The van der Waals surface area contributed by atoms with Crippen molar-refractivity contribution in [3.8, 4) is 0 Å². The Bertz CT molecular complexity index is 1460. The highest BCUT2D eigenvalue weighted by molar-refractivity contribution is 6.07. The van der Waals surface area contributed by atoms with E-state index in [1.165, 1.54) is 6.20 Å². The summed E-state index contributed by atoms with van der Waals surface area (Å²) in [5.74, 6) is -3.06. The van der Waals surface area contributed by atoms with Crippen LogP contribution in [0.3, 0.4) is 0 Å². The Morgan fingerprint density at radius 1 is 1.05 bits per heavy atom. The Labute approximate surface area is 210 Å². The topological polar surface area (TPSA) is 124 Å². The van der Waals surface area contributed by atoms with Crippen molar-refractivity contribution in [2.45, 2.75) is 37.0 Å². The summed E-state index contributed by atoms with van der Waals surface area (Å²) < 4.78 is 35.3. The van der Waals surface area contributed by atoms with Crippen molar-refractivity contribution in [2.75, 3.05) is 13.2 Å². The molecule has 3 aromatic carbocycles. The van der Waals surface area contributed by atoms with Crippen molar-refractivity contribution in [1.82, 2.24) is 9.88 Å². The minimum Gasteiger partial charge on any atom is -0.394 e. The van der Waals surface area contributed by atoms with Gasteiger partial charge >= 0.3 is 0 Å². The maximum Gasteiger partial charge on any atom is 0.254 e. The quantitative estimate of drug-likeness (QED) is 0.269. The van der Waals surface area contributed by atoms with Crippen LogP contribution in [0.2, 0.25) is 0 Å². The smallest absolute Gasteiger partial charge is 0.254 e. The summed E-state index contributed by atoms with van der Waals surface area (Å²) in [4.78, 5) is 13.4. The molecule has 2 heterocycles. The number of hydrogen-bond acceptors (Lipinski definition) is 6. The van der Waals surface area contributed by atoms with Gasteiger partial charge in [0.05, 0.1) is 36.5 Å². The summed E-state index contributed by atoms with van der Waals surface area (Å²) >= 11 is 0. The van der Waals surface area contributed by atoms with Crippen LogP contribution in [0.25, 0.3) is 21.7 Å². The molecule has 1 fully saturated rings. The van der Waals surface area contributed by atoms with E-state index >= 15 is 0 Å². The number of benzene rings is 3. The first kappa shape index (κ1) is 25.2. The van der Waals surface area contributed by atoms with E-state index in [1.807, 2.05) is 42.5 Å². The number of hydrogen-bond donors (Lipinski definition) is 5. The van der Waals surface area contributed by atoms with Gasteiger partial charge in [-0.1, -0.05) is 36.4 Å². The van der Waals surface area contributed by atoms with E-state index in [0.717, 1.165) is 28.5 Å². The van der Waals surface area contributed by atoms with E-state index < -0.39 is 54.8 Å². The Kier molecular flexibility index (Phi) is 6.69. The van der Waals surface area contributed by atoms with Crippen LogP contribution in [0.1, 0.15) is 22.3 Å². The average Bonchev–Trinajstić information content (AvgIpc) is 3.23. The van der Waals surface area contributed by atoms with Gasteiger partial charge in [0.2, 0.25) is 0 Å². The van der Waals surface area contributed by atoms with Crippen molar-refractivity contribution >= 4 is 27.6 Å². The number of halogens is 2. The first-order valence-corrected chi connectivity index (χ1v) is 11.8. The molecule has 0 radical (unpaired) electrons. The van der Waals surface area contributed by atoms with E-state index in [2.05, 4.69) is 5.32 Å². The summed E-state index contributed by atoms with van der Waals surface area (Å²) in [5, 5.41) is 45.0. The van der Waals surface area contributed by atoms with Gasteiger partial charge in [-0.05, 0) is 28.5 Å². The zero-order chi connectivity index (χ0) is 26.3. The normalized spacial score (nSPS) is 24.0. The van der Waals surface area contributed by atoms with Gasteiger partial charge in [0.25, 0.3) is 5.91 Å². The summed E-state index contributed by atoms with van der Waals surface area (Å²) in [5.41, 5.74) is -0.919. The number of rotatable bonds is 6. The summed E-state index contributed by atoms with van der Waals surface area (Å²) in [7, 11) is 0. The lowest BCUT2D eigenvalue weighted by Crippen LogP contribution is -2.70. The van der Waals surface area contributed by atoms with Gasteiger partial charge in [-0.2, -0.15) is 0 Å². The monoisotopic (exact) mass is 512 g/mol. The van der Waals surface area contributed by atoms with Gasteiger partial charge < -0.3 is 35.0 Å². The third kappa shape index (κ3) is 4.47. The highest BCUT2D eigenvalue weighted by Gasteiger charge is 2.51. The molecule has 1 aliphatic heterocycles. The second-order valence-electron chi connectivity index (χ2n) is 9.33. The molecule has 194 valence electrons. The van der Waals surface area contributed by atoms with Gasteiger partial charge in [-0.15, -0.1) is 0 Å². The molecule has 4 atom stereocenters. The number of aliphatic hydroxyl groups excluding tert-OH is 4. The van der Waals surface area contributed by atoms with Crippen LogP contribution in [0.5, 0.6) is 0 Å². The molecule has 1 amide bonds. The lowest BCUT2D eigenvalue weighted by atomic mass is 9.85. The molecule has 1 saturated heterocycles. The van der Waals surface area contributed by atoms with E-state index in [4.69, 9.17) is 4.74 Å². The van der Waals surface area contributed by atoms with Crippen molar-refractivity contribution in [1.29, 1.82) is 0 Å². The average molecular weight is 513 g/mol. The third-order valence-electron chi connectivity index (χ3n) is 6.99. The van der Waals surface area contributed by atoms with Gasteiger partial charge in [0, 0.05) is 30.6 Å². The second-order valence-corrected chi connectivity index (χ2v) is 9.33. The number of aromatic nitrogens is 1. The predicted molar refractivity (Wildman–Crippen MR) is 131 cm³/mol. The SMILES string of the molecule is O=C(N[C@@]1(CO)C(O)O[C@H](CO)C[C@@H]1O)c1cn(Cc2ccc3ccccc3c2)c2cc(F)c(F)cc12. The molecule has 0 spiro atoms. The van der Waals surface area contributed by atoms with E-state index in [1.54, 1.807) is 4.57 Å². The lowest BCUT2D eigenvalue weighted by Gasteiger charge is -2.46. The zero-order valence-electron chi connectivity index (χ0n) is 19.6. The first-order valence-electron chi connectivity index (χ1n) is 11.8. The molecule has 5 N–H and O–H groups in total. The van der Waals surface area contributed by atoms with E-state index in [0.29, 0.717) is 0 Å². The molecule has 10 heteroatoms. The number of nitrogens with zero attached hydrogens (tertiary/aromatic N) is 1. The lowest BCUT2D eigenvalue weighted by molar-refractivity contribution is -0.253. The standard InChI is InChI=1S/C27H26F2N2O6/c28-21-9-19-20(25(35)30-27(14-33)24(34)8-18(13-32)37-26(27)36)12-31(23(19)10-22(21)29)11-15-5-6-16-3-1-2-4-17(16)7-15/h1-7,9-10,12,18,24,26,32-34,36H,8,11,13-14H2,(H,30,35)/t18-,24-,26?,27+/m0/s1. The third-order valence-corrected chi connectivity index (χ3v) is 6.99. The van der Waals surface area contributed by atoms with Crippen molar-refractivity contribution in [3.05, 3.63) is 83.6 Å². The second kappa shape index (κ2) is 9.81. The van der Waals surface area contributed by atoms with Crippen molar-refractivity contribution in [3.63, 3.8) is 0 Å². The van der Waals surface area contributed by atoms with Gasteiger partial charge in [-0.25, -0.2) is 8.78 Å². The Morgan fingerprint density at radius 2 is 1.78 bits per heavy atom. The summed E-state index contributed by atoms with van der Waals surface area (Å²) in [6, 6.07) is 15.5. The molecule has 1 aromatic heterocycles. The van der Waals surface area contributed by atoms with Crippen molar-refractivity contribution < 1.29 is 38.7 Å². The molecule has 0 aliphatic carbocycles. The van der Waals surface area contributed by atoms with Crippen LogP contribution in [-0.2, 0) is 11.3 Å². The molecule has 1 aliphatic rings. The van der Waals surface area contributed by atoms with Crippen LogP contribution < -0.4 is 5.32 Å². The fraction of sp³-hybridized carbons (Fsp3) is 0.296. The minimum absolute atomic E-state index is 0.0498. The Hall–Kier alpha value is -3.41. The molecular formula is C27H26F2N2O6. The number of nitrogens with one attached hydrogen (secondary N) is 1. The zero-order valence-corrected chi connectivity index (χ0v) is 19.6.